The van der Waals surface area contributed by atoms with Gasteiger partial charge in [-0.2, -0.15) is 5.10 Å². The first-order valence-corrected chi connectivity index (χ1v) is 4.72. The molecule has 2 nitrogen and oxygen atoms in total. The van der Waals surface area contributed by atoms with E-state index in [0.717, 1.165) is 12.8 Å². The quantitative estimate of drug-likeness (QED) is 0.673. The van der Waals surface area contributed by atoms with Gasteiger partial charge in [0.15, 0.2) is 0 Å². The molecule has 0 unspecified atom stereocenters. The van der Waals surface area contributed by atoms with Crippen LogP contribution in [0.15, 0.2) is 0 Å². The highest BCUT2D eigenvalue weighted by Gasteiger charge is 2.09. The lowest BCUT2D eigenvalue weighted by molar-refractivity contribution is 0.689. The Kier molecular flexibility index (Phi) is 2.90. The van der Waals surface area contributed by atoms with Crippen molar-refractivity contribution in [2.24, 2.45) is 7.05 Å². The maximum Gasteiger partial charge on any atom is 0.0628 e. The van der Waals surface area contributed by atoms with E-state index in [-0.39, 0.29) is 0 Å². The van der Waals surface area contributed by atoms with Crippen LogP contribution in [0.4, 0.5) is 0 Å². The standard InChI is InChI=1S/C10H18N2/c1-5-7-10-9(6-2)8(3)11-12(10)4/h5-7H2,1-4H3. The van der Waals surface area contributed by atoms with E-state index >= 15 is 0 Å². The van der Waals surface area contributed by atoms with Gasteiger partial charge in [0.1, 0.15) is 0 Å². The summed E-state index contributed by atoms with van der Waals surface area (Å²) in [6, 6.07) is 0. The molecule has 0 atom stereocenters. The molecule has 0 radical (unpaired) electrons. The molecule has 0 N–H and O–H groups in total. The number of aryl methyl sites for hydroxylation is 2. The third-order valence-electron chi connectivity index (χ3n) is 2.32. The van der Waals surface area contributed by atoms with Crippen molar-refractivity contribution in [2.45, 2.75) is 40.0 Å². The third kappa shape index (κ3) is 1.52. The normalized spacial score (nSPS) is 10.7. The van der Waals surface area contributed by atoms with Crippen molar-refractivity contribution in [3.63, 3.8) is 0 Å². The Morgan fingerprint density at radius 2 is 2.00 bits per heavy atom. The lowest BCUT2D eigenvalue weighted by Gasteiger charge is -2.01. The zero-order chi connectivity index (χ0) is 9.14. The van der Waals surface area contributed by atoms with Crippen LogP contribution in [0.2, 0.25) is 0 Å². The summed E-state index contributed by atoms with van der Waals surface area (Å²) in [5, 5.41) is 4.42. The topological polar surface area (TPSA) is 17.8 Å². The molecule has 68 valence electrons. The van der Waals surface area contributed by atoms with Gasteiger partial charge in [0.25, 0.3) is 0 Å². The fraction of sp³-hybridized carbons (Fsp3) is 0.700. The van der Waals surface area contributed by atoms with Crippen molar-refractivity contribution in [1.29, 1.82) is 0 Å². The molecule has 0 fully saturated rings. The molecule has 1 heterocycles. The predicted octanol–water partition coefficient (Wildman–Crippen LogP) is 2.24. The van der Waals surface area contributed by atoms with Crippen molar-refractivity contribution in [3.8, 4) is 0 Å². The number of rotatable bonds is 3. The smallest absolute Gasteiger partial charge is 0.0628 e. The Bertz CT molecular complexity index is 261. The fourth-order valence-corrected chi connectivity index (χ4v) is 1.76. The predicted molar refractivity (Wildman–Crippen MR) is 51.3 cm³/mol. The molecule has 1 aromatic rings. The van der Waals surface area contributed by atoms with Gasteiger partial charge in [-0.15, -0.1) is 0 Å². The van der Waals surface area contributed by atoms with E-state index in [1.165, 1.54) is 23.4 Å². The Balaban J connectivity index is 3.04. The molecule has 12 heavy (non-hydrogen) atoms. The van der Waals surface area contributed by atoms with E-state index in [2.05, 4.69) is 25.9 Å². The van der Waals surface area contributed by atoms with Gasteiger partial charge in [0.2, 0.25) is 0 Å². The largest absolute Gasteiger partial charge is 0.272 e. The van der Waals surface area contributed by atoms with E-state index in [9.17, 15) is 0 Å². The van der Waals surface area contributed by atoms with Crippen LogP contribution in [0.5, 0.6) is 0 Å². The van der Waals surface area contributed by atoms with Gasteiger partial charge in [-0.05, 0) is 25.3 Å². The van der Waals surface area contributed by atoms with Crippen molar-refractivity contribution < 1.29 is 0 Å². The summed E-state index contributed by atoms with van der Waals surface area (Å²) in [5.41, 5.74) is 4.06. The van der Waals surface area contributed by atoms with Crippen LogP contribution in [0.25, 0.3) is 0 Å². The van der Waals surface area contributed by atoms with Crippen LogP contribution in [0.3, 0.4) is 0 Å². The molecular weight excluding hydrogens is 148 g/mol. The van der Waals surface area contributed by atoms with E-state index in [4.69, 9.17) is 0 Å². The van der Waals surface area contributed by atoms with E-state index < -0.39 is 0 Å². The first-order chi connectivity index (χ1) is 5.70. The molecule has 2 heteroatoms. The Morgan fingerprint density at radius 3 is 2.50 bits per heavy atom. The van der Waals surface area contributed by atoms with Gasteiger partial charge in [-0.1, -0.05) is 20.3 Å². The number of hydrogen-bond acceptors (Lipinski definition) is 1. The summed E-state index contributed by atoms with van der Waals surface area (Å²) in [7, 11) is 2.04. The molecular formula is C10H18N2. The molecule has 0 aliphatic heterocycles. The van der Waals surface area contributed by atoms with E-state index in [0.29, 0.717) is 0 Å². The van der Waals surface area contributed by atoms with Crippen LogP contribution in [-0.2, 0) is 19.9 Å². The summed E-state index contributed by atoms with van der Waals surface area (Å²) in [4.78, 5) is 0. The number of nitrogens with zero attached hydrogens (tertiary/aromatic N) is 2. The summed E-state index contributed by atoms with van der Waals surface area (Å²) in [5.74, 6) is 0. The minimum Gasteiger partial charge on any atom is -0.272 e. The first-order valence-electron chi connectivity index (χ1n) is 4.72. The molecule has 0 aliphatic rings. The summed E-state index contributed by atoms with van der Waals surface area (Å²) in [6.45, 7) is 6.50. The molecule has 0 amide bonds. The second-order valence-electron chi connectivity index (χ2n) is 3.24. The first kappa shape index (κ1) is 9.30. The van der Waals surface area contributed by atoms with E-state index in [1.54, 1.807) is 0 Å². The Hall–Kier alpha value is -0.790. The van der Waals surface area contributed by atoms with Gasteiger partial charge in [-0.25, -0.2) is 0 Å². The molecule has 1 rings (SSSR count). The summed E-state index contributed by atoms with van der Waals surface area (Å²) < 4.78 is 2.03. The monoisotopic (exact) mass is 166 g/mol. The minimum atomic E-state index is 1.11. The van der Waals surface area contributed by atoms with Crippen molar-refractivity contribution in [1.82, 2.24) is 9.78 Å². The zero-order valence-electron chi connectivity index (χ0n) is 8.52. The zero-order valence-corrected chi connectivity index (χ0v) is 8.52. The highest BCUT2D eigenvalue weighted by molar-refractivity contribution is 5.25. The summed E-state index contributed by atoms with van der Waals surface area (Å²) >= 11 is 0. The van der Waals surface area contributed by atoms with Crippen LogP contribution < -0.4 is 0 Å². The van der Waals surface area contributed by atoms with Crippen molar-refractivity contribution in [2.75, 3.05) is 0 Å². The van der Waals surface area contributed by atoms with Crippen LogP contribution in [0, 0.1) is 6.92 Å². The van der Waals surface area contributed by atoms with Crippen LogP contribution >= 0.6 is 0 Å². The molecule has 0 saturated carbocycles. The number of aromatic nitrogens is 2. The lowest BCUT2D eigenvalue weighted by Crippen LogP contribution is -1.99. The fourth-order valence-electron chi connectivity index (χ4n) is 1.76. The average molecular weight is 166 g/mol. The molecule has 1 aromatic heterocycles. The summed E-state index contributed by atoms with van der Waals surface area (Å²) in [6.07, 6.45) is 3.46. The van der Waals surface area contributed by atoms with Gasteiger partial charge < -0.3 is 0 Å². The number of hydrogen-bond donors (Lipinski definition) is 0. The van der Waals surface area contributed by atoms with Crippen LogP contribution in [-0.4, -0.2) is 9.78 Å². The SMILES string of the molecule is CCCc1c(CC)c(C)nn1C. The second kappa shape index (κ2) is 3.74. The lowest BCUT2D eigenvalue weighted by atomic mass is 10.1. The Morgan fingerprint density at radius 1 is 1.33 bits per heavy atom. The maximum atomic E-state index is 4.42. The van der Waals surface area contributed by atoms with Crippen molar-refractivity contribution in [3.05, 3.63) is 17.0 Å². The third-order valence-corrected chi connectivity index (χ3v) is 2.32. The average Bonchev–Trinajstić information content (AvgIpc) is 2.28. The maximum absolute atomic E-state index is 4.42. The van der Waals surface area contributed by atoms with Gasteiger partial charge >= 0.3 is 0 Å². The van der Waals surface area contributed by atoms with Gasteiger partial charge in [-0.3, -0.25) is 4.68 Å². The second-order valence-corrected chi connectivity index (χ2v) is 3.24. The van der Waals surface area contributed by atoms with E-state index in [1.807, 2.05) is 11.7 Å². The Labute approximate surface area is 74.6 Å². The highest BCUT2D eigenvalue weighted by Crippen LogP contribution is 2.14. The molecule has 0 saturated heterocycles. The van der Waals surface area contributed by atoms with Gasteiger partial charge in [0, 0.05) is 12.7 Å². The highest BCUT2D eigenvalue weighted by atomic mass is 15.3. The minimum absolute atomic E-state index is 1.11. The molecule has 0 aromatic carbocycles. The van der Waals surface area contributed by atoms with Crippen molar-refractivity contribution >= 4 is 0 Å². The van der Waals surface area contributed by atoms with Crippen LogP contribution in [0.1, 0.15) is 37.2 Å². The molecule has 0 spiro atoms. The van der Waals surface area contributed by atoms with Gasteiger partial charge in [0.05, 0.1) is 5.69 Å². The molecule has 0 aliphatic carbocycles. The molecule has 0 bridgehead atoms.